The zero-order valence-electron chi connectivity index (χ0n) is 8.73. The number of nitrogens with two attached hydrogens (primary N) is 1. The lowest BCUT2D eigenvalue weighted by atomic mass is 10.1. The first-order chi connectivity index (χ1) is 7.49. The molecule has 0 radical (unpaired) electrons. The molecule has 0 atom stereocenters. The predicted octanol–water partition coefficient (Wildman–Crippen LogP) is -0.125. The summed E-state index contributed by atoms with van der Waals surface area (Å²) in [6.07, 6.45) is 0.0642. The summed E-state index contributed by atoms with van der Waals surface area (Å²) in [5.41, 5.74) is 4.86. The summed E-state index contributed by atoms with van der Waals surface area (Å²) in [4.78, 5) is 22.5. The fourth-order valence-electron chi connectivity index (χ4n) is 1.43. The summed E-state index contributed by atoms with van der Waals surface area (Å²) in [6.45, 7) is 1.54. The Balaban J connectivity index is 3.40. The highest BCUT2D eigenvalue weighted by Gasteiger charge is 2.16. The van der Waals surface area contributed by atoms with E-state index in [2.05, 4.69) is 0 Å². The molecule has 84 valence electrons. The van der Waals surface area contributed by atoms with E-state index in [1.165, 1.54) is 13.0 Å². The molecule has 0 saturated heterocycles. The molecule has 1 aromatic rings. The molecule has 6 nitrogen and oxygen atoms in total. The van der Waals surface area contributed by atoms with E-state index in [0.717, 1.165) is 4.57 Å². The Kier molecular flexibility index (Phi) is 3.30. The lowest BCUT2D eigenvalue weighted by Gasteiger charge is -2.11. The number of nitriles is 1. The quantitative estimate of drug-likeness (QED) is 0.741. The van der Waals surface area contributed by atoms with Gasteiger partial charge in [-0.15, -0.1) is 0 Å². The van der Waals surface area contributed by atoms with Crippen LogP contribution in [0.2, 0.25) is 0 Å². The van der Waals surface area contributed by atoms with Crippen LogP contribution < -0.4 is 11.3 Å². The van der Waals surface area contributed by atoms with Crippen molar-refractivity contribution in [1.82, 2.24) is 4.57 Å². The molecule has 3 N–H and O–H groups in total. The molecular weight excluding hydrogens is 210 g/mol. The Hall–Kier alpha value is -2.29. The highest BCUT2D eigenvalue weighted by atomic mass is 16.3. The molecule has 1 aromatic heterocycles. The second-order valence-electron chi connectivity index (χ2n) is 3.29. The number of carbonyl (C=O) groups is 1. The Morgan fingerprint density at radius 3 is 2.81 bits per heavy atom. The zero-order chi connectivity index (χ0) is 12.3. The van der Waals surface area contributed by atoms with E-state index >= 15 is 0 Å². The molecule has 1 rings (SSSR count). The average molecular weight is 221 g/mol. The second kappa shape index (κ2) is 4.49. The van der Waals surface area contributed by atoms with E-state index in [4.69, 9.17) is 11.0 Å². The van der Waals surface area contributed by atoms with Crippen LogP contribution in [-0.4, -0.2) is 15.6 Å². The van der Waals surface area contributed by atoms with Crippen molar-refractivity contribution in [3.63, 3.8) is 0 Å². The van der Waals surface area contributed by atoms with E-state index in [1.54, 1.807) is 0 Å². The van der Waals surface area contributed by atoms with Crippen molar-refractivity contribution in [1.29, 1.82) is 5.26 Å². The van der Waals surface area contributed by atoms with E-state index in [9.17, 15) is 14.7 Å². The summed E-state index contributed by atoms with van der Waals surface area (Å²) < 4.78 is 0.955. The first-order valence-corrected chi connectivity index (χ1v) is 4.59. The normalized spacial score (nSPS) is 9.75. The van der Waals surface area contributed by atoms with Crippen molar-refractivity contribution in [3.05, 3.63) is 27.5 Å². The minimum absolute atomic E-state index is 0.0295. The van der Waals surface area contributed by atoms with Gasteiger partial charge in [0, 0.05) is 12.6 Å². The molecule has 1 amide bonds. The van der Waals surface area contributed by atoms with Gasteiger partial charge in [0.15, 0.2) is 0 Å². The summed E-state index contributed by atoms with van der Waals surface area (Å²) in [5.74, 6) is -1.28. The number of hydrogen-bond acceptors (Lipinski definition) is 4. The van der Waals surface area contributed by atoms with Crippen molar-refractivity contribution < 1.29 is 9.90 Å². The van der Waals surface area contributed by atoms with Gasteiger partial charge in [-0.2, -0.15) is 5.26 Å². The van der Waals surface area contributed by atoms with Gasteiger partial charge in [-0.25, -0.2) is 0 Å². The van der Waals surface area contributed by atoms with Crippen molar-refractivity contribution in [2.75, 3.05) is 0 Å². The third kappa shape index (κ3) is 2.03. The number of aryl methyl sites for hydroxylation is 1. The number of nitrogens with zero attached hydrogens (tertiary/aromatic N) is 2. The monoisotopic (exact) mass is 221 g/mol. The Labute approximate surface area is 91.5 Å². The van der Waals surface area contributed by atoms with Crippen LogP contribution in [0.1, 0.15) is 22.3 Å². The number of primary amides is 1. The van der Waals surface area contributed by atoms with Crippen LogP contribution in [0.15, 0.2) is 10.9 Å². The molecule has 6 heteroatoms. The SMILES string of the molecule is Cc1cc(=O)n(CCC#N)c(O)c1C(N)=O. The Morgan fingerprint density at radius 1 is 1.69 bits per heavy atom. The topological polar surface area (TPSA) is 109 Å². The highest BCUT2D eigenvalue weighted by molar-refractivity contribution is 5.96. The number of aromatic nitrogens is 1. The van der Waals surface area contributed by atoms with E-state index in [1.807, 2.05) is 6.07 Å². The first kappa shape index (κ1) is 11.8. The van der Waals surface area contributed by atoms with Gasteiger partial charge in [0.25, 0.3) is 11.5 Å². The maximum atomic E-state index is 11.5. The van der Waals surface area contributed by atoms with Gasteiger partial charge in [-0.1, -0.05) is 0 Å². The van der Waals surface area contributed by atoms with Gasteiger partial charge in [0.05, 0.1) is 12.5 Å². The van der Waals surface area contributed by atoms with Crippen molar-refractivity contribution in [3.8, 4) is 11.9 Å². The number of amides is 1. The van der Waals surface area contributed by atoms with Crippen molar-refractivity contribution in [2.45, 2.75) is 19.9 Å². The van der Waals surface area contributed by atoms with Crippen LogP contribution in [0.25, 0.3) is 0 Å². The largest absolute Gasteiger partial charge is 0.494 e. The van der Waals surface area contributed by atoms with E-state index < -0.39 is 17.3 Å². The number of rotatable bonds is 3. The lowest BCUT2D eigenvalue weighted by molar-refractivity contribution is 0.0995. The molecule has 0 bridgehead atoms. The average Bonchev–Trinajstić information content (AvgIpc) is 2.16. The molecule has 0 unspecified atom stereocenters. The molecule has 0 fully saturated rings. The van der Waals surface area contributed by atoms with Crippen LogP contribution in [0, 0.1) is 18.3 Å². The summed E-state index contributed by atoms with van der Waals surface area (Å²) in [7, 11) is 0. The molecule has 0 aliphatic rings. The Morgan fingerprint density at radius 2 is 2.31 bits per heavy atom. The third-order valence-corrected chi connectivity index (χ3v) is 2.17. The van der Waals surface area contributed by atoms with Gasteiger partial charge >= 0.3 is 0 Å². The minimum atomic E-state index is -0.805. The first-order valence-electron chi connectivity index (χ1n) is 4.59. The number of carbonyl (C=O) groups excluding carboxylic acids is 1. The van der Waals surface area contributed by atoms with Gasteiger partial charge < -0.3 is 10.8 Å². The maximum Gasteiger partial charge on any atom is 0.254 e. The third-order valence-electron chi connectivity index (χ3n) is 2.17. The van der Waals surface area contributed by atoms with Crippen LogP contribution in [0.3, 0.4) is 0 Å². The fraction of sp³-hybridized carbons (Fsp3) is 0.300. The van der Waals surface area contributed by atoms with E-state index in [-0.39, 0.29) is 18.5 Å². The molecule has 0 saturated carbocycles. The molecule has 0 spiro atoms. The van der Waals surface area contributed by atoms with Gasteiger partial charge in [0.2, 0.25) is 5.88 Å². The van der Waals surface area contributed by atoms with Crippen LogP contribution in [0.4, 0.5) is 0 Å². The summed E-state index contributed by atoms with van der Waals surface area (Å²) >= 11 is 0. The van der Waals surface area contributed by atoms with Crippen LogP contribution in [0.5, 0.6) is 5.88 Å². The van der Waals surface area contributed by atoms with Gasteiger partial charge in [0.1, 0.15) is 5.56 Å². The molecule has 0 aliphatic carbocycles. The molecular formula is C10H11N3O3. The second-order valence-corrected chi connectivity index (χ2v) is 3.29. The number of pyridine rings is 1. The zero-order valence-corrected chi connectivity index (χ0v) is 8.73. The molecule has 16 heavy (non-hydrogen) atoms. The minimum Gasteiger partial charge on any atom is -0.494 e. The number of aromatic hydroxyl groups is 1. The lowest BCUT2D eigenvalue weighted by Crippen LogP contribution is -2.24. The summed E-state index contributed by atoms with van der Waals surface area (Å²) in [5, 5.41) is 18.1. The summed E-state index contributed by atoms with van der Waals surface area (Å²) in [6, 6.07) is 3.05. The molecule has 1 heterocycles. The van der Waals surface area contributed by atoms with Gasteiger partial charge in [-0.05, 0) is 12.5 Å². The maximum absolute atomic E-state index is 11.5. The van der Waals surface area contributed by atoms with E-state index in [0.29, 0.717) is 5.56 Å². The molecule has 0 aliphatic heterocycles. The van der Waals surface area contributed by atoms with Gasteiger partial charge in [-0.3, -0.25) is 14.2 Å². The smallest absolute Gasteiger partial charge is 0.254 e. The fourth-order valence-corrected chi connectivity index (χ4v) is 1.43. The van der Waals surface area contributed by atoms with Crippen molar-refractivity contribution in [2.24, 2.45) is 5.73 Å². The van der Waals surface area contributed by atoms with Crippen LogP contribution in [-0.2, 0) is 6.54 Å². The highest BCUT2D eigenvalue weighted by Crippen LogP contribution is 2.17. The molecule has 0 aromatic carbocycles. The van der Waals surface area contributed by atoms with Crippen molar-refractivity contribution >= 4 is 5.91 Å². The number of hydrogen-bond donors (Lipinski definition) is 2. The van der Waals surface area contributed by atoms with Crippen LogP contribution >= 0.6 is 0 Å². The standard InChI is InChI=1S/C10H11N3O3/c1-6-5-7(14)13(4-2-3-11)10(16)8(6)9(12)15/h5,16H,2,4H2,1H3,(H2,12,15). The Bertz CT molecular complexity index is 525. The predicted molar refractivity (Wildman–Crippen MR) is 55.9 cm³/mol.